The Hall–Kier alpha value is -1.10. The normalized spacial score (nSPS) is 27.6. The topological polar surface area (TPSA) is 58.6 Å². The molecule has 19 heavy (non-hydrogen) atoms. The molecule has 0 aromatic heterocycles. The highest BCUT2D eigenvalue weighted by Crippen LogP contribution is 2.28. The van der Waals surface area contributed by atoms with Gasteiger partial charge in [-0.05, 0) is 38.5 Å². The monoisotopic (exact) mass is 268 g/mol. The number of nitrogens with one attached hydrogen (secondary N) is 1. The van der Waals surface area contributed by atoms with E-state index in [1.807, 2.05) is 6.92 Å². The lowest BCUT2D eigenvalue weighted by atomic mass is 10.1. The second kappa shape index (κ2) is 6.37. The van der Waals surface area contributed by atoms with E-state index in [4.69, 9.17) is 4.74 Å². The van der Waals surface area contributed by atoms with Crippen LogP contribution in [0, 0.1) is 5.92 Å². The summed E-state index contributed by atoms with van der Waals surface area (Å²) in [5.41, 5.74) is 0. The predicted molar refractivity (Wildman–Crippen MR) is 71.6 cm³/mol. The minimum atomic E-state index is -0.362. The van der Waals surface area contributed by atoms with Crippen LogP contribution < -0.4 is 5.32 Å². The second-order valence-corrected chi connectivity index (χ2v) is 5.55. The van der Waals surface area contributed by atoms with Crippen molar-refractivity contribution in [2.24, 2.45) is 5.92 Å². The van der Waals surface area contributed by atoms with E-state index >= 15 is 0 Å². The Morgan fingerprint density at radius 3 is 2.74 bits per heavy atom. The Balaban J connectivity index is 1.74. The van der Waals surface area contributed by atoms with Gasteiger partial charge in [0.05, 0.1) is 0 Å². The van der Waals surface area contributed by atoms with Crippen LogP contribution in [0.4, 0.5) is 0 Å². The molecule has 1 aliphatic heterocycles. The van der Waals surface area contributed by atoms with Gasteiger partial charge in [-0.15, -0.1) is 0 Å². The molecule has 2 atom stereocenters. The number of ether oxygens (including phenoxy) is 1. The van der Waals surface area contributed by atoms with Crippen LogP contribution >= 0.6 is 0 Å². The average Bonchev–Trinajstić information content (AvgIpc) is 3.21. The molecule has 1 aliphatic carbocycles. The lowest BCUT2D eigenvalue weighted by Gasteiger charge is -2.37. The molecule has 5 nitrogen and oxygen atoms in total. The van der Waals surface area contributed by atoms with Gasteiger partial charge >= 0.3 is 0 Å². The summed E-state index contributed by atoms with van der Waals surface area (Å²) in [5, 5.41) is 2.76. The van der Waals surface area contributed by atoms with Crippen molar-refractivity contribution < 1.29 is 14.3 Å². The molecular weight excluding hydrogens is 244 g/mol. The molecule has 0 radical (unpaired) electrons. The fourth-order valence-corrected chi connectivity index (χ4v) is 2.34. The average molecular weight is 268 g/mol. The van der Waals surface area contributed by atoms with E-state index in [2.05, 4.69) is 5.32 Å². The summed E-state index contributed by atoms with van der Waals surface area (Å²) in [7, 11) is 0. The van der Waals surface area contributed by atoms with Crippen LogP contribution in [0.3, 0.4) is 0 Å². The van der Waals surface area contributed by atoms with Gasteiger partial charge in [0.2, 0.25) is 11.8 Å². The molecule has 5 heteroatoms. The molecule has 0 aromatic carbocycles. The van der Waals surface area contributed by atoms with Crippen LogP contribution in [0.1, 0.15) is 39.5 Å². The van der Waals surface area contributed by atoms with Crippen LogP contribution in [-0.2, 0) is 14.3 Å². The highest BCUT2D eigenvalue weighted by Gasteiger charge is 2.36. The van der Waals surface area contributed by atoms with Gasteiger partial charge in [0, 0.05) is 19.8 Å². The third-order valence-corrected chi connectivity index (χ3v) is 3.89. The molecule has 1 N–H and O–H groups in total. The van der Waals surface area contributed by atoms with Crippen molar-refractivity contribution in [3.63, 3.8) is 0 Å². The van der Waals surface area contributed by atoms with Crippen molar-refractivity contribution in [2.75, 3.05) is 19.8 Å². The van der Waals surface area contributed by atoms with E-state index in [-0.39, 0.29) is 23.9 Å². The maximum atomic E-state index is 12.2. The van der Waals surface area contributed by atoms with Crippen LogP contribution in [0.5, 0.6) is 0 Å². The number of carbonyl (C=O) groups is 2. The molecule has 1 saturated heterocycles. The molecule has 0 bridgehead atoms. The maximum absolute atomic E-state index is 12.2. The van der Waals surface area contributed by atoms with E-state index in [1.165, 1.54) is 12.8 Å². The van der Waals surface area contributed by atoms with Crippen molar-refractivity contribution in [3.8, 4) is 0 Å². The Morgan fingerprint density at radius 1 is 1.37 bits per heavy atom. The zero-order valence-corrected chi connectivity index (χ0v) is 11.9. The SMILES string of the molecule is CCC1NC(=O)C(C)N(CCCOCC2CC2)C1=O. The number of rotatable bonds is 7. The molecule has 2 rings (SSSR count). The highest BCUT2D eigenvalue weighted by molar-refractivity contribution is 5.96. The zero-order chi connectivity index (χ0) is 13.8. The van der Waals surface area contributed by atoms with E-state index < -0.39 is 0 Å². The fraction of sp³-hybridized carbons (Fsp3) is 0.857. The molecule has 2 amide bonds. The standard InChI is InChI=1S/C14H24N2O3/c1-3-12-14(18)16(10(2)13(17)15-12)7-4-8-19-9-11-5-6-11/h10-12H,3-9H2,1-2H3,(H,15,17). The number of nitrogens with zero attached hydrogens (tertiary/aromatic N) is 1. The summed E-state index contributed by atoms with van der Waals surface area (Å²) in [4.78, 5) is 25.6. The van der Waals surface area contributed by atoms with Gasteiger partial charge in [-0.3, -0.25) is 9.59 Å². The molecule has 108 valence electrons. The quantitative estimate of drug-likeness (QED) is 0.699. The molecule has 2 fully saturated rings. The Bertz CT molecular complexity index is 342. The number of hydrogen-bond acceptors (Lipinski definition) is 3. The summed E-state index contributed by atoms with van der Waals surface area (Å²) >= 11 is 0. The van der Waals surface area contributed by atoms with Crippen molar-refractivity contribution >= 4 is 11.8 Å². The molecule has 2 unspecified atom stereocenters. The molecule has 1 heterocycles. The van der Waals surface area contributed by atoms with Crippen LogP contribution in [0.25, 0.3) is 0 Å². The van der Waals surface area contributed by atoms with Gasteiger partial charge in [0.15, 0.2) is 0 Å². The summed E-state index contributed by atoms with van der Waals surface area (Å²) < 4.78 is 5.56. The zero-order valence-electron chi connectivity index (χ0n) is 11.9. The van der Waals surface area contributed by atoms with Gasteiger partial charge < -0.3 is 15.0 Å². The lowest BCUT2D eigenvalue weighted by Crippen LogP contribution is -2.62. The number of piperazine rings is 1. The first kappa shape index (κ1) is 14.3. The minimum absolute atomic E-state index is 0.0387. The number of hydrogen-bond donors (Lipinski definition) is 1. The Labute approximate surface area is 114 Å². The van der Waals surface area contributed by atoms with Gasteiger partial charge in [-0.2, -0.15) is 0 Å². The Morgan fingerprint density at radius 2 is 2.11 bits per heavy atom. The van der Waals surface area contributed by atoms with Gasteiger partial charge in [0.1, 0.15) is 12.1 Å². The van der Waals surface area contributed by atoms with Crippen molar-refractivity contribution in [1.82, 2.24) is 10.2 Å². The van der Waals surface area contributed by atoms with Crippen molar-refractivity contribution in [1.29, 1.82) is 0 Å². The Kier molecular flexibility index (Phi) is 4.80. The summed E-state index contributed by atoms with van der Waals surface area (Å²) in [6.07, 6.45) is 4.03. The molecular formula is C14H24N2O3. The highest BCUT2D eigenvalue weighted by atomic mass is 16.5. The number of amides is 2. The van der Waals surface area contributed by atoms with E-state index in [9.17, 15) is 9.59 Å². The van der Waals surface area contributed by atoms with Crippen LogP contribution in [-0.4, -0.2) is 48.6 Å². The summed E-state index contributed by atoms with van der Waals surface area (Å²) in [6, 6.07) is -0.713. The first-order valence-electron chi connectivity index (χ1n) is 7.32. The third kappa shape index (κ3) is 3.69. The maximum Gasteiger partial charge on any atom is 0.245 e. The lowest BCUT2D eigenvalue weighted by molar-refractivity contribution is -0.148. The second-order valence-electron chi connectivity index (χ2n) is 5.55. The van der Waals surface area contributed by atoms with Gasteiger partial charge in [0.25, 0.3) is 0 Å². The first-order valence-corrected chi connectivity index (χ1v) is 7.32. The first-order chi connectivity index (χ1) is 9.13. The number of carbonyl (C=O) groups excluding carboxylic acids is 2. The van der Waals surface area contributed by atoms with Gasteiger partial charge in [-0.1, -0.05) is 6.92 Å². The van der Waals surface area contributed by atoms with Crippen molar-refractivity contribution in [2.45, 2.75) is 51.6 Å². The summed E-state index contributed by atoms with van der Waals surface area (Å²) in [6.45, 7) is 5.82. The molecule has 0 aromatic rings. The largest absolute Gasteiger partial charge is 0.381 e. The van der Waals surface area contributed by atoms with Crippen LogP contribution in [0.15, 0.2) is 0 Å². The van der Waals surface area contributed by atoms with E-state index in [0.717, 1.165) is 18.9 Å². The molecule has 2 aliphatic rings. The molecule has 0 spiro atoms. The minimum Gasteiger partial charge on any atom is -0.381 e. The predicted octanol–water partition coefficient (Wildman–Crippen LogP) is 0.929. The van der Waals surface area contributed by atoms with E-state index in [0.29, 0.717) is 19.6 Å². The van der Waals surface area contributed by atoms with E-state index in [1.54, 1.807) is 11.8 Å². The van der Waals surface area contributed by atoms with Crippen LogP contribution in [0.2, 0.25) is 0 Å². The summed E-state index contributed by atoms with van der Waals surface area (Å²) in [5.74, 6) is 0.757. The smallest absolute Gasteiger partial charge is 0.245 e. The third-order valence-electron chi connectivity index (χ3n) is 3.89. The van der Waals surface area contributed by atoms with Gasteiger partial charge in [-0.25, -0.2) is 0 Å². The van der Waals surface area contributed by atoms with Crippen molar-refractivity contribution in [3.05, 3.63) is 0 Å². The fourth-order valence-electron chi connectivity index (χ4n) is 2.34. The molecule has 1 saturated carbocycles.